The van der Waals surface area contributed by atoms with Gasteiger partial charge in [-0.15, -0.1) is 0 Å². The highest BCUT2D eigenvalue weighted by Crippen LogP contribution is 2.28. The molecule has 0 amide bonds. The van der Waals surface area contributed by atoms with Crippen LogP contribution in [0, 0.1) is 0 Å². The minimum absolute atomic E-state index is 0.0792. The third-order valence-corrected chi connectivity index (χ3v) is 3.79. The summed E-state index contributed by atoms with van der Waals surface area (Å²) in [5, 5.41) is 0. The van der Waals surface area contributed by atoms with E-state index in [1.807, 2.05) is 60.7 Å². The van der Waals surface area contributed by atoms with Crippen molar-refractivity contribution in [3.05, 3.63) is 107 Å². The largest absolute Gasteiger partial charge is 0.294 e. The smallest absolute Gasteiger partial charge is 0.160 e. The minimum atomic E-state index is 0.0792. The van der Waals surface area contributed by atoms with Gasteiger partial charge in [0.15, 0.2) is 5.78 Å². The first kappa shape index (κ1) is 15.0. The second-order valence-electron chi connectivity index (χ2n) is 5.44. The summed E-state index contributed by atoms with van der Waals surface area (Å²) in [5.74, 6) is 0.0792. The van der Waals surface area contributed by atoms with Crippen LogP contribution < -0.4 is 0 Å². The van der Waals surface area contributed by atoms with Gasteiger partial charge in [-0.3, -0.25) is 4.79 Å². The van der Waals surface area contributed by atoms with Gasteiger partial charge >= 0.3 is 0 Å². The molecular formula is C22H18O. The lowest BCUT2D eigenvalue weighted by atomic mass is 9.91. The van der Waals surface area contributed by atoms with Gasteiger partial charge in [-0.05, 0) is 35.3 Å². The Morgan fingerprint density at radius 3 is 1.83 bits per heavy atom. The Hall–Kier alpha value is -2.93. The topological polar surface area (TPSA) is 17.1 Å². The van der Waals surface area contributed by atoms with E-state index in [0.717, 1.165) is 27.8 Å². The van der Waals surface area contributed by atoms with E-state index in [4.69, 9.17) is 0 Å². The van der Waals surface area contributed by atoms with Gasteiger partial charge in [0, 0.05) is 5.56 Å². The Labute approximate surface area is 136 Å². The molecule has 0 aliphatic carbocycles. The molecule has 0 aromatic heterocycles. The number of rotatable bonds is 4. The monoisotopic (exact) mass is 298 g/mol. The van der Waals surface area contributed by atoms with Crippen molar-refractivity contribution in [2.24, 2.45) is 0 Å². The first-order valence-corrected chi connectivity index (χ1v) is 7.68. The van der Waals surface area contributed by atoms with Crippen LogP contribution in [0.2, 0.25) is 0 Å². The van der Waals surface area contributed by atoms with Gasteiger partial charge in [-0.2, -0.15) is 0 Å². The number of hydrogen-bond donors (Lipinski definition) is 0. The van der Waals surface area contributed by atoms with E-state index in [2.05, 4.69) is 30.3 Å². The van der Waals surface area contributed by atoms with Crippen LogP contribution >= 0.6 is 0 Å². The zero-order valence-corrected chi connectivity index (χ0v) is 13.1. The molecule has 0 saturated carbocycles. The van der Waals surface area contributed by atoms with E-state index in [0.29, 0.717) is 0 Å². The molecule has 0 unspecified atom stereocenters. The molecule has 1 heteroatoms. The number of ketones is 1. The number of benzene rings is 3. The van der Waals surface area contributed by atoms with Gasteiger partial charge in [0.1, 0.15) is 0 Å². The van der Waals surface area contributed by atoms with Gasteiger partial charge in [0.2, 0.25) is 0 Å². The van der Waals surface area contributed by atoms with Crippen LogP contribution in [-0.2, 0) is 0 Å². The van der Waals surface area contributed by atoms with Crippen molar-refractivity contribution in [1.82, 2.24) is 0 Å². The molecule has 3 aromatic rings. The predicted molar refractivity (Wildman–Crippen MR) is 96.3 cm³/mol. The quantitative estimate of drug-likeness (QED) is 0.460. The number of Topliss-reactive ketones (excluding diaryl/α,β-unsaturated/α-hetero) is 1. The summed E-state index contributed by atoms with van der Waals surface area (Å²) in [6, 6.07) is 28.2. The van der Waals surface area contributed by atoms with Crippen LogP contribution in [0.4, 0.5) is 0 Å². The molecule has 0 aliphatic heterocycles. The zero-order chi connectivity index (χ0) is 16.1. The molecule has 112 valence electrons. The van der Waals surface area contributed by atoms with Crippen molar-refractivity contribution in [2.45, 2.75) is 6.92 Å². The van der Waals surface area contributed by atoms with E-state index >= 15 is 0 Å². The Morgan fingerprint density at radius 1 is 0.696 bits per heavy atom. The number of hydrogen-bond acceptors (Lipinski definition) is 1. The maximum Gasteiger partial charge on any atom is 0.160 e. The molecular weight excluding hydrogens is 280 g/mol. The predicted octanol–water partition coefficient (Wildman–Crippen LogP) is 5.48. The number of carbonyl (C=O) groups is 1. The highest BCUT2D eigenvalue weighted by Gasteiger charge is 2.12. The molecule has 0 radical (unpaired) electrons. The van der Waals surface area contributed by atoms with E-state index in [1.165, 1.54) is 0 Å². The van der Waals surface area contributed by atoms with Gasteiger partial charge in [0.05, 0.1) is 0 Å². The lowest BCUT2D eigenvalue weighted by Gasteiger charge is -2.12. The zero-order valence-electron chi connectivity index (χ0n) is 13.1. The maximum absolute atomic E-state index is 12.0. The standard InChI is InChI=1S/C22H18O/c1-17(23)20-14-8-9-15-21(20)22(19-12-6-3-7-13-19)16-18-10-4-2-5-11-18/h2-16H,1H3/b22-16+. The SMILES string of the molecule is CC(=O)c1ccccc1/C(=C/c1ccccc1)c1ccccc1. The summed E-state index contributed by atoms with van der Waals surface area (Å²) >= 11 is 0. The molecule has 0 atom stereocenters. The van der Waals surface area contributed by atoms with Crippen LogP contribution in [0.15, 0.2) is 84.9 Å². The highest BCUT2D eigenvalue weighted by atomic mass is 16.1. The molecule has 0 aliphatic rings. The first-order valence-electron chi connectivity index (χ1n) is 7.68. The molecule has 0 spiro atoms. The van der Waals surface area contributed by atoms with E-state index in [1.54, 1.807) is 6.92 Å². The van der Waals surface area contributed by atoms with E-state index < -0.39 is 0 Å². The molecule has 0 N–H and O–H groups in total. The third kappa shape index (κ3) is 3.46. The third-order valence-electron chi connectivity index (χ3n) is 3.79. The first-order chi connectivity index (χ1) is 11.3. The Bertz CT molecular complexity index is 830. The number of carbonyl (C=O) groups excluding carboxylic acids is 1. The maximum atomic E-state index is 12.0. The van der Waals surface area contributed by atoms with Crippen molar-refractivity contribution in [2.75, 3.05) is 0 Å². The fraction of sp³-hybridized carbons (Fsp3) is 0.0455. The van der Waals surface area contributed by atoms with Gasteiger partial charge in [0.25, 0.3) is 0 Å². The molecule has 3 rings (SSSR count). The molecule has 0 saturated heterocycles. The second kappa shape index (κ2) is 6.89. The van der Waals surface area contributed by atoms with Crippen molar-refractivity contribution in [1.29, 1.82) is 0 Å². The summed E-state index contributed by atoms with van der Waals surface area (Å²) in [6.07, 6.45) is 2.14. The fourth-order valence-electron chi connectivity index (χ4n) is 2.68. The second-order valence-corrected chi connectivity index (χ2v) is 5.44. The molecule has 0 fully saturated rings. The van der Waals surface area contributed by atoms with E-state index in [9.17, 15) is 4.79 Å². The average Bonchev–Trinajstić information content (AvgIpc) is 2.61. The van der Waals surface area contributed by atoms with Gasteiger partial charge in [-0.1, -0.05) is 84.9 Å². The summed E-state index contributed by atoms with van der Waals surface area (Å²) in [5.41, 5.74) is 4.99. The summed E-state index contributed by atoms with van der Waals surface area (Å²) < 4.78 is 0. The summed E-state index contributed by atoms with van der Waals surface area (Å²) in [6.45, 7) is 1.62. The fourth-order valence-corrected chi connectivity index (χ4v) is 2.68. The Balaban J connectivity index is 2.22. The normalized spacial score (nSPS) is 11.3. The highest BCUT2D eigenvalue weighted by molar-refractivity contribution is 6.03. The van der Waals surface area contributed by atoms with Crippen LogP contribution in [0.5, 0.6) is 0 Å². The van der Waals surface area contributed by atoms with Crippen molar-refractivity contribution in [3.8, 4) is 0 Å². The molecule has 3 aromatic carbocycles. The van der Waals surface area contributed by atoms with Gasteiger partial charge < -0.3 is 0 Å². The van der Waals surface area contributed by atoms with Crippen LogP contribution in [0.1, 0.15) is 34.0 Å². The van der Waals surface area contributed by atoms with Gasteiger partial charge in [-0.25, -0.2) is 0 Å². The van der Waals surface area contributed by atoms with Crippen molar-refractivity contribution in [3.63, 3.8) is 0 Å². The van der Waals surface area contributed by atoms with Crippen LogP contribution in [-0.4, -0.2) is 5.78 Å². The van der Waals surface area contributed by atoms with E-state index in [-0.39, 0.29) is 5.78 Å². The summed E-state index contributed by atoms with van der Waals surface area (Å²) in [7, 11) is 0. The Kier molecular flexibility index (Phi) is 4.49. The summed E-state index contributed by atoms with van der Waals surface area (Å²) in [4.78, 5) is 12.0. The molecule has 0 bridgehead atoms. The molecule has 1 nitrogen and oxygen atoms in total. The Morgan fingerprint density at radius 2 is 1.22 bits per heavy atom. The minimum Gasteiger partial charge on any atom is -0.294 e. The molecule has 23 heavy (non-hydrogen) atoms. The van der Waals surface area contributed by atoms with Crippen LogP contribution in [0.3, 0.4) is 0 Å². The van der Waals surface area contributed by atoms with Crippen molar-refractivity contribution >= 4 is 17.4 Å². The van der Waals surface area contributed by atoms with Crippen LogP contribution in [0.25, 0.3) is 11.6 Å². The lowest BCUT2D eigenvalue weighted by molar-refractivity contribution is 0.101. The average molecular weight is 298 g/mol. The lowest BCUT2D eigenvalue weighted by Crippen LogP contribution is -2.00. The molecule has 0 heterocycles. The van der Waals surface area contributed by atoms with Crippen molar-refractivity contribution < 1.29 is 4.79 Å².